The van der Waals surface area contributed by atoms with E-state index in [9.17, 15) is 20.1 Å². The summed E-state index contributed by atoms with van der Waals surface area (Å²) >= 11 is 0. The Bertz CT molecular complexity index is 871. The fraction of sp³-hybridized carbons (Fsp3) is 0.423. The molecule has 0 radical (unpaired) electrons. The van der Waals surface area contributed by atoms with E-state index in [0.29, 0.717) is 24.9 Å². The summed E-state index contributed by atoms with van der Waals surface area (Å²) < 4.78 is 5.36. The van der Waals surface area contributed by atoms with Crippen LogP contribution >= 0.6 is 0 Å². The number of benzene rings is 1. The lowest BCUT2D eigenvalue weighted by Crippen LogP contribution is -2.30. The average molecular weight is 442 g/mol. The van der Waals surface area contributed by atoms with Gasteiger partial charge in [0.1, 0.15) is 5.75 Å². The zero-order valence-electron chi connectivity index (χ0n) is 19.1. The first-order valence-electron chi connectivity index (χ1n) is 11.0. The number of hydrogen-bond donors (Lipinski definition) is 4. The SMILES string of the molecule is CO[C@H]1\C=C/C=C\C=C/C[C@H](O)[C@H](C)[C@@H](O)/C(C)=C\CCc2cc(O)cc(c2)NC(=O)C1. The van der Waals surface area contributed by atoms with Gasteiger partial charge in [0.2, 0.25) is 5.91 Å². The fourth-order valence-electron chi connectivity index (χ4n) is 3.56. The summed E-state index contributed by atoms with van der Waals surface area (Å²) in [6.45, 7) is 3.69. The summed E-state index contributed by atoms with van der Waals surface area (Å²) in [6, 6.07) is 5.01. The third kappa shape index (κ3) is 8.46. The lowest BCUT2D eigenvalue weighted by Gasteiger charge is -2.24. The predicted molar refractivity (Wildman–Crippen MR) is 127 cm³/mol. The van der Waals surface area contributed by atoms with Crippen LogP contribution in [-0.2, 0) is 16.0 Å². The van der Waals surface area contributed by atoms with E-state index in [2.05, 4.69) is 5.32 Å². The maximum absolute atomic E-state index is 12.4. The molecule has 2 bridgehead atoms. The molecule has 1 aromatic carbocycles. The van der Waals surface area contributed by atoms with Crippen LogP contribution in [0.5, 0.6) is 5.75 Å². The summed E-state index contributed by atoms with van der Waals surface area (Å²) in [5, 5.41) is 33.9. The van der Waals surface area contributed by atoms with Gasteiger partial charge in [-0.2, -0.15) is 0 Å². The normalized spacial score (nSPS) is 30.8. The number of aliphatic hydroxyl groups excluding tert-OH is 2. The van der Waals surface area contributed by atoms with Crippen LogP contribution in [-0.4, -0.2) is 46.6 Å². The molecule has 0 saturated heterocycles. The number of ether oxygens (including phenoxy) is 1. The minimum Gasteiger partial charge on any atom is -0.508 e. The summed E-state index contributed by atoms with van der Waals surface area (Å²) in [4.78, 5) is 12.4. The van der Waals surface area contributed by atoms with Crippen molar-refractivity contribution in [1.82, 2.24) is 0 Å². The second-order valence-corrected chi connectivity index (χ2v) is 8.21. The molecule has 0 saturated carbocycles. The van der Waals surface area contributed by atoms with Crippen LogP contribution in [0.3, 0.4) is 0 Å². The lowest BCUT2D eigenvalue weighted by molar-refractivity contribution is -0.117. The Morgan fingerprint density at radius 1 is 1.09 bits per heavy atom. The number of hydrogen-bond acceptors (Lipinski definition) is 5. The molecular formula is C26H35NO5. The van der Waals surface area contributed by atoms with Crippen LogP contribution in [0, 0.1) is 5.92 Å². The monoisotopic (exact) mass is 441 g/mol. The number of phenolic OH excluding ortho intramolecular Hbond substituents is 1. The maximum atomic E-state index is 12.4. The molecule has 0 aromatic heterocycles. The Morgan fingerprint density at radius 2 is 1.84 bits per heavy atom. The lowest BCUT2D eigenvalue weighted by atomic mass is 9.90. The quantitative estimate of drug-likeness (QED) is 0.493. The van der Waals surface area contributed by atoms with Crippen molar-refractivity contribution in [3.8, 4) is 5.75 Å². The van der Waals surface area contributed by atoms with Crippen molar-refractivity contribution in [3.05, 3.63) is 71.9 Å². The van der Waals surface area contributed by atoms with Crippen molar-refractivity contribution in [2.45, 2.75) is 57.8 Å². The van der Waals surface area contributed by atoms with Crippen LogP contribution in [0.4, 0.5) is 5.69 Å². The van der Waals surface area contributed by atoms with Crippen LogP contribution in [0.1, 0.15) is 38.7 Å². The van der Waals surface area contributed by atoms with Gasteiger partial charge < -0.3 is 25.4 Å². The third-order valence-electron chi connectivity index (χ3n) is 5.59. The van der Waals surface area contributed by atoms with E-state index in [1.54, 1.807) is 25.3 Å². The summed E-state index contributed by atoms with van der Waals surface area (Å²) in [6.07, 6.45) is 13.0. The number of aryl methyl sites for hydroxylation is 1. The van der Waals surface area contributed by atoms with Gasteiger partial charge in [-0.1, -0.05) is 49.5 Å². The predicted octanol–water partition coefficient (Wildman–Crippen LogP) is 4.04. The fourth-order valence-corrected chi connectivity index (χ4v) is 3.56. The molecule has 4 N–H and O–H groups in total. The van der Waals surface area contributed by atoms with E-state index >= 15 is 0 Å². The molecule has 32 heavy (non-hydrogen) atoms. The number of carbonyl (C=O) groups excluding carboxylic acids is 1. The van der Waals surface area contributed by atoms with Crippen LogP contribution < -0.4 is 5.32 Å². The van der Waals surface area contributed by atoms with Crippen molar-refractivity contribution >= 4 is 11.6 Å². The van der Waals surface area contributed by atoms with Gasteiger partial charge in [-0.05, 0) is 49.5 Å². The van der Waals surface area contributed by atoms with E-state index in [4.69, 9.17) is 4.74 Å². The number of amides is 1. The zero-order chi connectivity index (χ0) is 23.5. The molecule has 0 unspecified atom stereocenters. The highest BCUT2D eigenvalue weighted by Crippen LogP contribution is 2.23. The molecule has 1 heterocycles. The molecule has 0 fully saturated rings. The van der Waals surface area contributed by atoms with Crippen LogP contribution in [0.15, 0.2) is 66.3 Å². The Hall–Kier alpha value is -2.67. The average Bonchev–Trinajstić information content (AvgIpc) is 2.75. The van der Waals surface area contributed by atoms with Gasteiger partial charge in [0, 0.05) is 24.8 Å². The van der Waals surface area contributed by atoms with Gasteiger partial charge in [-0.3, -0.25) is 4.79 Å². The van der Waals surface area contributed by atoms with Crippen molar-refractivity contribution in [3.63, 3.8) is 0 Å². The number of rotatable bonds is 1. The highest BCUT2D eigenvalue weighted by Gasteiger charge is 2.22. The number of aliphatic hydroxyl groups is 2. The minimum atomic E-state index is -0.740. The van der Waals surface area contributed by atoms with Crippen molar-refractivity contribution in [1.29, 1.82) is 0 Å². The van der Waals surface area contributed by atoms with Crippen LogP contribution in [0.2, 0.25) is 0 Å². The summed E-state index contributed by atoms with van der Waals surface area (Å²) in [5.74, 6) is -0.442. The number of anilines is 1. The van der Waals surface area contributed by atoms with Crippen molar-refractivity contribution in [2.75, 3.05) is 12.4 Å². The molecule has 0 aliphatic carbocycles. The molecule has 6 nitrogen and oxygen atoms in total. The van der Waals surface area contributed by atoms with Crippen molar-refractivity contribution in [2.24, 2.45) is 5.92 Å². The molecule has 1 aliphatic rings. The van der Waals surface area contributed by atoms with Gasteiger partial charge in [-0.15, -0.1) is 0 Å². The number of aromatic hydroxyl groups is 1. The first-order valence-corrected chi connectivity index (χ1v) is 11.0. The molecule has 174 valence electrons. The smallest absolute Gasteiger partial charge is 0.227 e. The van der Waals surface area contributed by atoms with Gasteiger partial charge >= 0.3 is 0 Å². The molecular weight excluding hydrogens is 406 g/mol. The largest absolute Gasteiger partial charge is 0.508 e. The third-order valence-corrected chi connectivity index (χ3v) is 5.59. The Morgan fingerprint density at radius 3 is 2.59 bits per heavy atom. The van der Waals surface area contributed by atoms with E-state index < -0.39 is 12.2 Å². The second-order valence-electron chi connectivity index (χ2n) is 8.21. The molecule has 2 rings (SSSR count). The molecule has 1 aromatic rings. The van der Waals surface area contributed by atoms with E-state index in [-0.39, 0.29) is 30.1 Å². The first kappa shape index (κ1) is 25.6. The van der Waals surface area contributed by atoms with E-state index in [1.807, 2.05) is 50.3 Å². The van der Waals surface area contributed by atoms with E-state index in [0.717, 1.165) is 11.1 Å². The molecule has 1 amide bonds. The summed E-state index contributed by atoms with van der Waals surface area (Å²) in [7, 11) is 1.55. The van der Waals surface area contributed by atoms with Gasteiger partial charge in [-0.25, -0.2) is 0 Å². The van der Waals surface area contributed by atoms with Crippen molar-refractivity contribution < 1.29 is 24.9 Å². The molecule has 0 spiro atoms. The van der Waals surface area contributed by atoms with Gasteiger partial charge in [0.15, 0.2) is 0 Å². The number of carbonyl (C=O) groups is 1. The molecule has 1 aliphatic heterocycles. The number of allylic oxidation sites excluding steroid dienone is 5. The highest BCUT2D eigenvalue weighted by molar-refractivity contribution is 5.91. The number of phenols is 1. The van der Waals surface area contributed by atoms with Crippen LogP contribution in [0.25, 0.3) is 0 Å². The number of nitrogens with one attached hydrogen (secondary N) is 1. The second kappa shape index (κ2) is 13.0. The standard InChI is InChI=1S/C26H35NO5/c1-18-10-9-11-20-14-21(16-22(28)15-20)27-25(30)17-23(32-3)12-7-5-4-6-8-13-24(29)19(2)26(18)31/h4-8,10,12,14-16,19,23-24,26,28-29,31H,9,11,13,17H2,1-3H3,(H,27,30)/b5-4-,8-6-,12-7-,18-10-/t19-,23-,24-,26-/m0/s1. The Kier molecular flexibility index (Phi) is 10.4. The van der Waals surface area contributed by atoms with E-state index in [1.165, 1.54) is 6.07 Å². The minimum absolute atomic E-state index is 0.0782. The molecule has 6 heteroatoms. The topological polar surface area (TPSA) is 99.0 Å². The highest BCUT2D eigenvalue weighted by atomic mass is 16.5. The Labute approximate surface area is 190 Å². The number of fused-ring (bicyclic) bond motifs is 2. The first-order chi connectivity index (χ1) is 15.3. The van der Waals surface area contributed by atoms with Gasteiger partial charge in [0.25, 0.3) is 0 Å². The van der Waals surface area contributed by atoms with Gasteiger partial charge in [0.05, 0.1) is 24.7 Å². The Balaban J connectivity index is 2.25. The molecule has 4 atom stereocenters. The zero-order valence-corrected chi connectivity index (χ0v) is 19.1. The summed E-state index contributed by atoms with van der Waals surface area (Å²) in [5.41, 5.74) is 2.20. The number of methoxy groups -OCH3 is 1. The maximum Gasteiger partial charge on any atom is 0.227 e.